The molecule has 3 rings (SSSR count). The normalized spacial score (nSPS) is 20.5. The predicted molar refractivity (Wildman–Crippen MR) is 118 cm³/mol. The van der Waals surface area contributed by atoms with Crippen molar-refractivity contribution in [2.45, 2.75) is 59.4 Å². The van der Waals surface area contributed by atoms with Gasteiger partial charge in [0.2, 0.25) is 0 Å². The first-order valence-electron chi connectivity index (χ1n) is 10.5. The van der Waals surface area contributed by atoms with Gasteiger partial charge in [-0.2, -0.15) is 0 Å². The number of hydrogen-bond donors (Lipinski definition) is 2. The van der Waals surface area contributed by atoms with Crippen molar-refractivity contribution in [3.63, 3.8) is 0 Å². The van der Waals surface area contributed by atoms with Gasteiger partial charge in [0.25, 0.3) is 17.6 Å². The van der Waals surface area contributed by atoms with E-state index in [-0.39, 0.29) is 17.1 Å². The van der Waals surface area contributed by atoms with E-state index in [4.69, 9.17) is 0 Å². The third kappa shape index (κ3) is 4.40. The van der Waals surface area contributed by atoms with Crippen molar-refractivity contribution >= 4 is 23.3 Å². The third-order valence-electron chi connectivity index (χ3n) is 6.40. The number of Topliss-reactive ketones (excluding diaryl/α,β-unsaturated/α-hetero) is 1. The molecule has 166 valence electrons. The lowest BCUT2D eigenvalue weighted by atomic mass is 9.98. The summed E-state index contributed by atoms with van der Waals surface area (Å²) in [6.07, 6.45) is 2.69. The maximum atomic E-state index is 13.5. The monoisotopic (exact) mass is 427 g/mol. The van der Waals surface area contributed by atoms with E-state index >= 15 is 0 Å². The van der Waals surface area contributed by atoms with Crippen LogP contribution in [0.4, 0.5) is 10.1 Å². The number of hydrogen-bond acceptors (Lipinski definition) is 3. The fourth-order valence-electron chi connectivity index (χ4n) is 4.64. The summed E-state index contributed by atoms with van der Waals surface area (Å²) in [5, 5.41) is 5.67. The van der Waals surface area contributed by atoms with E-state index in [0.717, 1.165) is 19.3 Å². The summed E-state index contributed by atoms with van der Waals surface area (Å²) >= 11 is 0. The Balaban J connectivity index is 1.85. The van der Waals surface area contributed by atoms with Crippen molar-refractivity contribution in [1.82, 2.24) is 9.88 Å². The van der Waals surface area contributed by atoms with E-state index in [1.54, 1.807) is 38.5 Å². The number of carbonyl (C=O) groups excluding carboxylic acids is 3. The van der Waals surface area contributed by atoms with E-state index in [9.17, 15) is 18.8 Å². The van der Waals surface area contributed by atoms with Gasteiger partial charge in [-0.05, 0) is 82.2 Å². The molecule has 0 unspecified atom stereocenters. The highest BCUT2D eigenvalue weighted by Crippen LogP contribution is 2.34. The van der Waals surface area contributed by atoms with Gasteiger partial charge in [-0.25, -0.2) is 4.39 Å². The molecule has 1 fully saturated rings. The molecule has 2 atom stereocenters. The molecular weight excluding hydrogens is 397 g/mol. The second-order valence-electron chi connectivity index (χ2n) is 9.10. The number of aromatic nitrogens is 1. The zero-order valence-corrected chi connectivity index (χ0v) is 19.0. The largest absolute Gasteiger partial charge is 0.344 e. The minimum Gasteiger partial charge on any atom is -0.344 e. The number of amides is 2. The molecule has 0 radical (unpaired) electrons. The summed E-state index contributed by atoms with van der Waals surface area (Å²) < 4.78 is 15.1. The van der Waals surface area contributed by atoms with Crippen LogP contribution in [0, 0.1) is 32.5 Å². The zero-order valence-electron chi connectivity index (χ0n) is 19.0. The lowest BCUT2D eigenvalue weighted by molar-refractivity contribution is -0.118. The number of benzene rings is 1. The molecule has 1 heterocycles. The van der Waals surface area contributed by atoms with E-state index in [2.05, 4.69) is 17.6 Å². The first-order chi connectivity index (χ1) is 14.4. The number of aryl methyl sites for hydroxylation is 1. The lowest BCUT2D eigenvalue weighted by Crippen LogP contribution is -2.47. The van der Waals surface area contributed by atoms with Crippen LogP contribution < -0.4 is 10.6 Å². The summed E-state index contributed by atoms with van der Waals surface area (Å²) in [5.74, 6) is -1.56. The molecule has 2 N–H and O–H groups in total. The van der Waals surface area contributed by atoms with Gasteiger partial charge in [0.1, 0.15) is 5.82 Å². The molecule has 2 amide bonds. The molecule has 0 aliphatic heterocycles. The van der Waals surface area contributed by atoms with Crippen LogP contribution in [0.2, 0.25) is 0 Å². The molecule has 2 aromatic rings. The van der Waals surface area contributed by atoms with Gasteiger partial charge < -0.3 is 15.2 Å². The van der Waals surface area contributed by atoms with Gasteiger partial charge in [-0.15, -0.1) is 0 Å². The predicted octanol–water partition coefficient (Wildman–Crippen LogP) is 4.22. The highest BCUT2D eigenvalue weighted by Gasteiger charge is 2.37. The Morgan fingerprint density at radius 1 is 1.19 bits per heavy atom. The number of nitrogens with one attached hydrogen (secondary N) is 2. The van der Waals surface area contributed by atoms with Crippen LogP contribution in [0.1, 0.15) is 70.8 Å². The highest BCUT2D eigenvalue weighted by atomic mass is 19.1. The Kier molecular flexibility index (Phi) is 6.07. The SMILES string of the molecule is Cc1cc(NC(=O)c2c(C)c(C(=O)C(=O)N[C@@]3(C)CC[C@@H](C)C3)n(C)c2C)ccc1F. The summed E-state index contributed by atoms with van der Waals surface area (Å²) in [5.41, 5.74) is 2.04. The second-order valence-corrected chi connectivity index (χ2v) is 9.10. The second kappa shape index (κ2) is 8.29. The summed E-state index contributed by atoms with van der Waals surface area (Å²) in [6.45, 7) is 9.11. The summed E-state index contributed by atoms with van der Waals surface area (Å²) in [7, 11) is 1.67. The van der Waals surface area contributed by atoms with Crippen molar-refractivity contribution in [3.05, 3.63) is 52.1 Å². The standard InChI is InChI=1S/C24H30FN3O3/c1-13-9-10-24(5,12-13)27-23(31)21(29)20-15(3)19(16(4)28(20)6)22(30)26-17-7-8-18(25)14(2)11-17/h7-8,11,13H,9-10,12H2,1-6H3,(H,26,30)(H,27,31)/t13-,24+/m1/s1. The van der Waals surface area contributed by atoms with E-state index in [1.165, 1.54) is 12.1 Å². The lowest BCUT2D eigenvalue weighted by Gasteiger charge is -2.25. The number of rotatable bonds is 5. The van der Waals surface area contributed by atoms with Crippen LogP contribution in [-0.4, -0.2) is 27.7 Å². The van der Waals surface area contributed by atoms with Crippen LogP contribution >= 0.6 is 0 Å². The van der Waals surface area contributed by atoms with E-state index < -0.39 is 17.6 Å². The van der Waals surface area contributed by atoms with Crippen molar-refractivity contribution in [2.75, 3.05) is 5.32 Å². The van der Waals surface area contributed by atoms with E-state index in [0.29, 0.717) is 34.0 Å². The molecule has 1 aromatic carbocycles. The average molecular weight is 428 g/mol. The Bertz CT molecular complexity index is 1070. The van der Waals surface area contributed by atoms with Gasteiger partial charge in [0, 0.05) is 24.0 Å². The Hall–Kier alpha value is -2.96. The van der Waals surface area contributed by atoms with Crippen molar-refractivity contribution in [2.24, 2.45) is 13.0 Å². The van der Waals surface area contributed by atoms with Gasteiger partial charge in [-0.3, -0.25) is 14.4 Å². The van der Waals surface area contributed by atoms with Crippen molar-refractivity contribution in [1.29, 1.82) is 0 Å². The highest BCUT2D eigenvalue weighted by molar-refractivity contribution is 6.43. The van der Waals surface area contributed by atoms with Gasteiger partial charge in [0.05, 0.1) is 11.3 Å². The number of ketones is 1. The van der Waals surface area contributed by atoms with Crippen LogP contribution in [-0.2, 0) is 11.8 Å². The smallest absolute Gasteiger partial charge is 0.294 e. The molecule has 31 heavy (non-hydrogen) atoms. The molecular formula is C24H30FN3O3. The summed E-state index contributed by atoms with van der Waals surface area (Å²) in [6, 6.07) is 4.32. The number of nitrogens with zero attached hydrogens (tertiary/aromatic N) is 1. The maximum Gasteiger partial charge on any atom is 0.294 e. The molecule has 7 heteroatoms. The first kappa shape index (κ1) is 22.7. The van der Waals surface area contributed by atoms with Crippen molar-refractivity contribution in [3.8, 4) is 0 Å². The quantitative estimate of drug-likeness (QED) is 0.554. The molecule has 0 saturated heterocycles. The maximum absolute atomic E-state index is 13.5. The molecule has 6 nitrogen and oxygen atoms in total. The van der Waals surface area contributed by atoms with Crippen LogP contribution in [0.3, 0.4) is 0 Å². The Morgan fingerprint density at radius 2 is 1.87 bits per heavy atom. The van der Waals surface area contributed by atoms with Crippen molar-refractivity contribution < 1.29 is 18.8 Å². The van der Waals surface area contributed by atoms with Gasteiger partial charge >= 0.3 is 0 Å². The molecule has 1 aliphatic carbocycles. The minimum absolute atomic E-state index is 0.199. The van der Waals surface area contributed by atoms with Gasteiger partial charge in [0.15, 0.2) is 0 Å². The Labute approximate surface area is 182 Å². The van der Waals surface area contributed by atoms with Crippen LogP contribution in [0.15, 0.2) is 18.2 Å². The topological polar surface area (TPSA) is 80.2 Å². The first-order valence-corrected chi connectivity index (χ1v) is 10.5. The minimum atomic E-state index is -0.652. The van der Waals surface area contributed by atoms with Crippen LogP contribution in [0.5, 0.6) is 0 Å². The fourth-order valence-corrected chi connectivity index (χ4v) is 4.64. The number of carbonyl (C=O) groups is 3. The number of halogens is 1. The zero-order chi connectivity index (χ0) is 23.1. The number of anilines is 1. The fraction of sp³-hybridized carbons (Fsp3) is 0.458. The van der Waals surface area contributed by atoms with Gasteiger partial charge in [-0.1, -0.05) is 6.92 Å². The molecule has 1 aromatic heterocycles. The molecule has 1 saturated carbocycles. The molecule has 0 spiro atoms. The summed E-state index contributed by atoms with van der Waals surface area (Å²) in [4.78, 5) is 38.7. The molecule has 1 aliphatic rings. The average Bonchev–Trinajstić information content (AvgIpc) is 3.13. The third-order valence-corrected chi connectivity index (χ3v) is 6.40. The van der Waals surface area contributed by atoms with E-state index in [1.807, 2.05) is 6.92 Å². The van der Waals surface area contributed by atoms with Crippen LogP contribution in [0.25, 0.3) is 0 Å². The molecule has 0 bridgehead atoms. The Morgan fingerprint density at radius 3 is 2.45 bits per heavy atom.